The van der Waals surface area contributed by atoms with Gasteiger partial charge in [0, 0.05) is 0 Å². The number of rotatable bonds is 32. The zero-order chi connectivity index (χ0) is 26.0. The molecule has 0 spiro atoms. The van der Waals surface area contributed by atoms with Crippen molar-refractivity contribution in [2.24, 2.45) is 0 Å². The molecule has 0 saturated heterocycles. The average Bonchev–Trinajstić information content (AvgIpc) is 2.89. The zero-order valence-corrected chi connectivity index (χ0v) is 25.8. The Morgan fingerprint density at radius 3 is 0.583 bits per heavy atom. The van der Waals surface area contributed by atoms with Crippen LogP contribution in [-0.4, -0.2) is 0 Å². The smallest absolute Gasteiger partial charge is 0.0351 e. The number of hydrogen-bond donors (Lipinski definition) is 0. The maximum absolute atomic E-state index is 2.46. The fraction of sp³-hybridized carbons (Fsp3) is 0.944. The molecule has 0 nitrogen and oxygen atoms in total. The van der Waals surface area contributed by atoms with Crippen LogP contribution < -0.4 is 0 Å². The summed E-state index contributed by atoms with van der Waals surface area (Å²) in [4.78, 5) is 0. The van der Waals surface area contributed by atoms with E-state index in [1.54, 1.807) is 0 Å². The summed E-state index contributed by atoms with van der Waals surface area (Å²) in [5, 5.41) is 0. The second-order valence-electron chi connectivity index (χ2n) is 11.9. The molecule has 0 N–H and O–H groups in total. The van der Waals surface area contributed by atoms with Crippen LogP contribution in [0.25, 0.3) is 0 Å². The first-order chi connectivity index (χ1) is 17.9. The lowest BCUT2D eigenvalue weighted by Crippen LogP contribution is -1.84. The first-order valence-corrected chi connectivity index (χ1v) is 17.6. The molecule has 0 radical (unpaired) electrons. The van der Waals surface area contributed by atoms with Crippen LogP contribution >= 0.6 is 0 Å². The van der Waals surface area contributed by atoms with Gasteiger partial charge in [-0.3, -0.25) is 0 Å². The van der Waals surface area contributed by atoms with Crippen LogP contribution in [0, 0.1) is 0 Å². The van der Waals surface area contributed by atoms with Crippen LogP contribution in [0.4, 0.5) is 0 Å². The van der Waals surface area contributed by atoms with E-state index in [4.69, 9.17) is 0 Å². The highest BCUT2D eigenvalue weighted by molar-refractivity contribution is 4.81. The maximum Gasteiger partial charge on any atom is -0.0351 e. The van der Waals surface area contributed by atoms with Gasteiger partial charge >= 0.3 is 0 Å². The van der Waals surface area contributed by atoms with E-state index in [0.717, 1.165) is 0 Å². The van der Waals surface area contributed by atoms with Gasteiger partial charge in [-0.15, -0.1) is 0 Å². The van der Waals surface area contributed by atoms with Crippen molar-refractivity contribution < 1.29 is 0 Å². The van der Waals surface area contributed by atoms with Crippen LogP contribution in [0.3, 0.4) is 0 Å². The summed E-state index contributed by atoms with van der Waals surface area (Å²) < 4.78 is 0. The molecule has 0 saturated carbocycles. The van der Waals surface area contributed by atoms with Crippen molar-refractivity contribution in [2.75, 3.05) is 0 Å². The number of unbranched alkanes of at least 4 members (excludes halogenated alkanes) is 30. The first kappa shape index (κ1) is 35.7. The Labute approximate surface area is 231 Å². The molecule has 0 atom stereocenters. The normalized spacial score (nSPS) is 11.7. The van der Waals surface area contributed by atoms with Gasteiger partial charge in [0.05, 0.1) is 0 Å². The SMILES string of the molecule is CCCCCCCCCCCC=CCCCCCCCCCCCCCCCCCCCCCCC. The van der Waals surface area contributed by atoms with E-state index in [1.165, 1.54) is 205 Å². The Bertz CT molecular complexity index is 381. The minimum Gasteiger partial charge on any atom is -0.0885 e. The van der Waals surface area contributed by atoms with Gasteiger partial charge in [-0.05, 0) is 25.7 Å². The predicted octanol–water partition coefficient (Wildman–Crippen LogP) is 14.1. The van der Waals surface area contributed by atoms with E-state index in [2.05, 4.69) is 26.0 Å². The second-order valence-corrected chi connectivity index (χ2v) is 11.9. The van der Waals surface area contributed by atoms with Crippen molar-refractivity contribution in [1.82, 2.24) is 0 Å². The lowest BCUT2D eigenvalue weighted by molar-refractivity contribution is 0.520. The molecule has 0 heteroatoms. The summed E-state index contributed by atoms with van der Waals surface area (Å²) in [6.07, 6.45) is 51.4. The third-order valence-electron chi connectivity index (χ3n) is 8.12. The summed E-state index contributed by atoms with van der Waals surface area (Å²) in [6.45, 7) is 4.61. The van der Waals surface area contributed by atoms with E-state index in [-0.39, 0.29) is 0 Å². The van der Waals surface area contributed by atoms with Crippen molar-refractivity contribution in [3.8, 4) is 0 Å². The van der Waals surface area contributed by atoms with Crippen LogP contribution in [0.5, 0.6) is 0 Å². The van der Waals surface area contributed by atoms with E-state index >= 15 is 0 Å². The summed E-state index contributed by atoms with van der Waals surface area (Å²) >= 11 is 0. The van der Waals surface area contributed by atoms with Gasteiger partial charge < -0.3 is 0 Å². The Kier molecular flexibility index (Phi) is 34.5. The van der Waals surface area contributed by atoms with Crippen LogP contribution in [0.15, 0.2) is 12.2 Å². The van der Waals surface area contributed by atoms with Crippen LogP contribution in [-0.2, 0) is 0 Å². The van der Waals surface area contributed by atoms with Gasteiger partial charge in [0.25, 0.3) is 0 Å². The molecule has 36 heavy (non-hydrogen) atoms. The molecule has 0 aliphatic heterocycles. The number of hydrogen-bond acceptors (Lipinski definition) is 0. The van der Waals surface area contributed by atoms with Crippen molar-refractivity contribution in [1.29, 1.82) is 0 Å². The third-order valence-corrected chi connectivity index (χ3v) is 8.12. The first-order valence-electron chi connectivity index (χ1n) is 17.6. The Morgan fingerprint density at radius 2 is 0.389 bits per heavy atom. The van der Waals surface area contributed by atoms with Crippen molar-refractivity contribution in [2.45, 2.75) is 219 Å². The van der Waals surface area contributed by atoms with Gasteiger partial charge in [0.1, 0.15) is 0 Å². The fourth-order valence-corrected chi connectivity index (χ4v) is 5.50. The molecule has 0 rings (SSSR count). The molecular formula is C36H72. The number of allylic oxidation sites excluding steroid dienone is 2. The van der Waals surface area contributed by atoms with Gasteiger partial charge in [0.2, 0.25) is 0 Å². The Hall–Kier alpha value is -0.260. The minimum atomic E-state index is 1.31. The minimum absolute atomic E-state index is 1.31. The van der Waals surface area contributed by atoms with Gasteiger partial charge in [-0.25, -0.2) is 0 Å². The fourth-order valence-electron chi connectivity index (χ4n) is 5.50. The maximum atomic E-state index is 2.46. The van der Waals surface area contributed by atoms with Gasteiger partial charge in [-0.2, -0.15) is 0 Å². The highest BCUT2D eigenvalue weighted by Crippen LogP contribution is 2.15. The quantitative estimate of drug-likeness (QED) is 0.0631. The van der Waals surface area contributed by atoms with Crippen molar-refractivity contribution in [3.63, 3.8) is 0 Å². The zero-order valence-electron chi connectivity index (χ0n) is 25.8. The molecule has 0 amide bonds. The molecule has 0 aromatic heterocycles. The molecule has 0 bridgehead atoms. The molecule has 0 aromatic carbocycles. The largest absolute Gasteiger partial charge is 0.0885 e. The third kappa shape index (κ3) is 33.7. The summed E-state index contributed by atoms with van der Waals surface area (Å²) in [7, 11) is 0. The molecule has 0 heterocycles. The average molecular weight is 505 g/mol. The molecular weight excluding hydrogens is 432 g/mol. The highest BCUT2D eigenvalue weighted by atomic mass is 14.0. The molecule has 0 aliphatic rings. The lowest BCUT2D eigenvalue weighted by atomic mass is 10.0. The van der Waals surface area contributed by atoms with Crippen LogP contribution in [0.1, 0.15) is 219 Å². The van der Waals surface area contributed by atoms with Crippen LogP contribution in [0.2, 0.25) is 0 Å². The molecule has 0 unspecified atom stereocenters. The molecule has 0 aliphatic carbocycles. The van der Waals surface area contributed by atoms with Crippen molar-refractivity contribution in [3.05, 3.63) is 12.2 Å². The van der Waals surface area contributed by atoms with Gasteiger partial charge in [0.15, 0.2) is 0 Å². The van der Waals surface area contributed by atoms with E-state index in [1.807, 2.05) is 0 Å². The Morgan fingerprint density at radius 1 is 0.222 bits per heavy atom. The Balaban J connectivity index is 3.06. The lowest BCUT2D eigenvalue weighted by Gasteiger charge is -2.04. The van der Waals surface area contributed by atoms with E-state index in [0.29, 0.717) is 0 Å². The summed E-state index contributed by atoms with van der Waals surface area (Å²) in [5.41, 5.74) is 0. The monoisotopic (exact) mass is 505 g/mol. The van der Waals surface area contributed by atoms with Gasteiger partial charge in [-0.1, -0.05) is 206 Å². The molecule has 0 fully saturated rings. The standard InChI is InChI=1S/C36H72/c1-3-5-7-9-11-13-15-17-19-21-23-25-27-29-31-33-35-36-34-32-30-28-26-24-22-20-18-16-14-12-10-8-6-4-2/h23,25H,3-22,24,26-36H2,1-2H3. The second kappa shape index (κ2) is 34.7. The van der Waals surface area contributed by atoms with Crippen molar-refractivity contribution >= 4 is 0 Å². The summed E-state index contributed by atoms with van der Waals surface area (Å²) in [5.74, 6) is 0. The highest BCUT2D eigenvalue weighted by Gasteiger charge is 1.96. The van der Waals surface area contributed by atoms with E-state index < -0.39 is 0 Å². The topological polar surface area (TPSA) is 0 Å². The molecule has 0 aromatic rings. The predicted molar refractivity (Wildman–Crippen MR) is 168 cm³/mol. The summed E-state index contributed by atoms with van der Waals surface area (Å²) in [6, 6.07) is 0. The molecule has 216 valence electrons. The van der Waals surface area contributed by atoms with E-state index in [9.17, 15) is 0 Å².